The lowest BCUT2D eigenvalue weighted by Gasteiger charge is -2.13. The van der Waals surface area contributed by atoms with E-state index < -0.39 is 17.9 Å². The van der Waals surface area contributed by atoms with E-state index >= 15 is 0 Å². The zero-order valence-electron chi connectivity index (χ0n) is 21.8. The van der Waals surface area contributed by atoms with Crippen molar-refractivity contribution < 1.29 is 22.7 Å². The van der Waals surface area contributed by atoms with Crippen molar-refractivity contribution in [3.05, 3.63) is 112 Å². The Balaban J connectivity index is 1.30. The minimum absolute atomic E-state index is 0.134. The van der Waals surface area contributed by atoms with Crippen LogP contribution in [0.5, 0.6) is 0 Å². The molecule has 1 aliphatic heterocycles. The van der Waals surface area contributed by atoms with Crippen LogP contribution >= 0.6 is 0 Å². The van der Waals surface area contributed by atoms with Crippen LogP contribution in [0.3, 0.4) is 0 Å². The van der Waals surface area contributed by atoms with Crippen LogP contribution in [0.15, 0.2) is 89.9 Å². The molecule has 1 aliphatic rings. The molecule has 0 radical (unpaired) electrons. The van der Waals surface area contributed by atoms with E-state index in [2.05, 4.69) is 15.6 Å². The Morgan fingerprint density at radius 3 is 2.32 bits per heavy atom. The fourth-order valence-electron chi connectivity index (χ4n) is 4.95. The van der Waals surface area contributed by atoms with Crippen molar-refractivity contribution in [3.8, 4) is 11.4 Å². The van der Waals surface area contributed by atoms with E-state index in [-0.39, 0.29) is 18.1 Å². The van der Waals surface area contributed by atoms with Gasteiger partial charge in [-0.25, -0.2) is 14.3 Å². The number of hydrogen-bond acceptors (Lipinski definition) is 6. The number of halogens is 3. The standard InChI is InChI=1S/C30H24F3N5O3/c1-2-41-26(39)16-18-5-10-22(11-6-18)38-28-25(4-3-15-34-28)37(29(38)40)21-12-7-19(8-13-21)27-35-23-14-9-20(30(31,32)33)17-24(23)36-27/h3-15,17,27,35-36H,2,16H2,1H3. The molecule has 8 nitrogen and oxygen atoms in total. The number of nitrogens with one attached hydrogen (secondary N) is 2. The van der Waals surface area contributed by atoms with Gasteiger partial charge in [-0.15, -0.1) is 0 Å². The molecule has 0 aliphatic carbocycles. The number of hydrogen-bond donors (Lipinski definition) is 2. The molecule has 0 fully saturated rings. The molecule has 1 unspecified atom stereocenters. The lowest BCUT2D eigenvalue weighted by Crippen LogP contribution is -2.22. The molecule has 6 rings (SSSR count). The monoisotopic (exact) mass is 559 g/mol. The van der Waals surface area contributed by atoms with E-state index in [0.29, 0.717) is 40.5 Å². The van der Waals surface area contributed by atoms with Gasteiger partial charge in [0.05, 0.1) is 46.9 Å². The molecule has 3 heterocycles. The quantitative estimate of drug-likeness (QED) is 0.254. The van der Waals surface area contributed by atoms with Gasteiger partial charge in [-0.05, 0) is 72.6 Å². The zero-order valence-corrected chi connectivity index (χ0v) is 21.8. The number of aromatic nitrogens is 3. The second-order valence-electron chi connectivity index (χ2n) is 9.52. The Morgan fingerprint density at radius 2 is 1.61 bits per heavy atom. The molecule has 2 N–H and O–H groups in total. The van der Waals surface area contributed by atoms with Gasteiger partial charge in [-0.2, -0.15) is 13.2 Å². The molecule has 0 saturated carbocycles. The number of imidazole rings is 1. The van der Waals surface area contributed by atoms with Crippen LogP contribution in [0.4, 0.5) is 24.5 Å². The number of fused-ring (bicyclic) bond motifs is 2. The summed E-state index contributed by atoms with van der Waals surface area (Å²) in [5.41, 5.74) is 3.71. The molecule has 1 atom stereocenters. The predicted molar refractivity (Wildman–Crippen MR) is 148 cm³/mol. The molecule has 41 heavy (non-hydrogen) atoms. The highest BCUT2D eigenvalue weighted by Crippen LogP contribution is 2.40. The zero-order chi connectivity index (χ0) is 28.7. The highest BCUT2D eigenvalue weighted by molar-refractivity contribution is 5.78. The number of rotatable bonds is 6. The lowest BCUT2D eigenvalue weighted by molar-refractivity contribution is -0.142. The van der Waals surface area contributed by atoms with E-state index in [4.69, 9.17) is 4.74 Å². The molecule has 208 valence electrons. The van der Waals surface area contributed by atoms with Crippen LogP contribution in [0.25, 0.3) is 22.5 Å². The van der Waals surface area contributed by atoms with Gasteiger partial charge in [0.2, 0.25) is 0 Å². The number of ether oxygens (including phenoxy) is 1. The highest BCUT2D eigenvalue weighted by Gasteiger charge is 2.32. The van der Waals surface area contributed by atoms with E-state index in [0.717, 1.165) is 23.3 Å². The fraction of sp³-hybridized carbons (Fsp3) is 0.167. The third kappa shape index (κ3) is 4.90. The lowest BCUT2D eigenvalue weighted by atomic mass is 10.1. The smallest absolute Gasteiger partial charge is 0.416 e. The Bertz CT molecular complexity index is 1810. The molecule has 3 aromatic carbocycles. The van der Waals surface area contributed by atoms with E-state index in [1.165, 1.54) is 10.6 Å². The van der Waals surface area contributed by atoms with E-state index in [1.807, 2.05) is 12.1 Å². The number of pyridine rings is 1. The summed E-state index contributed by atoms with van der Waals surface area (Å²) in [6, 6.07) is 21.3. The summed E-state index contributed by atoms with van der Waals surface area (Å²) in [5, 5.41) is 6.28. The SMILES string of the molecule is CCOC(=O)Cc1ccc(-n2c(=O)n(-c3ccc(C4Nc5ccc(C(F)(F)F)cc5N4)cc3)c3cccnc32)cc1. The molecule has 0 bridgehead atoms. The fourth-order valence-corrected chi connectivity index (χ4v) is 4.95. The maximum atomic E-state index is 13.7. The summed E-state index contributed by atoms with van der Waals surface area (Å²) >= 11 is 0. The number of nitrogens with zero attached hydrogens (tertiary/aromatic N) is 3. The number of benzene rings is 3. The summed E-state index contributed by atoms with van der Waals surface area (Å²) in [4.78, 5) is 30.0. The van der Waals surface area contributed by atoms with Crippen molar-refractivity contribution in [2.45, 2.75) is 25.7 Å². The minimum Gasteiger partial charge on any atom is -0.466 e. The van der Waals surface area contributed by atoms with Gasteiger partial charge in [0.1, 0.15) is 6.17 Å². The largest absolute Gasteiger partial charge is 0.466 e. The molecule has 0 saturated heterocycles. The first kappa shape index (κ1) is 26.2. The molecular formula is C30H24F3N5O3. The number of carbonyl (C=O) groups excluding carboxylic acids is 1. The number of alkyl halides is 3. The number of esters is 1. The third-order valence-electron chi connectivity index (χ3n) is 6.88. The molecule has 11 heteroatoms. The van der Waals surface area contributed by atoms with Crippen molar-refractivity contribution in [2.24, 2.45) is 0 Å². The second kappa shape index (κ2) is 10.2. The Morgan fingerprint density at radius 1 is 0.927 bits per heavy atom. The average molecular weight is 560 g/mol. The molecule has 5 aromatic rings. The van der Waals surface area contributed by atoms with Gasteiger partial charge in [0, 0.05) is 6.20 Å². The van der Waals surface area contributed by atoms with Gasteiger partial charge in [-0.3, -0.25) is 9.36 Å². The third-order valence-corrected chi connectivity index (χ3v) is 6.88. The van der Waals surface area contributed by atoms with E-state index in [1.54, 1.807) is 66.2 Å². The number of anilines is 2. The summed E-state index contributed by atoms with van der Waals surface area (Å²) < 4.78 is 47.4. The summed E-state index contributed by atoms with van der Waals surface area (Å²) in [5.74, 6) is -0.322. The number of carbonyl (C=O) groups is 1. The van der Waals surface area contributed by atoms with Crippen LogP contribution in [0.2, 0.25) is 0 Å². The summed E-state index contributed by atoms with van der Waals surface area (Å²) in [6.45, 7) is 2.06. The van der Waals surface area contributed by atoms with Gasteiger partial charge < -0.3 is 15.4 Å². The average Bonchev–Trinajstić information content (AvgIpc) is 3.51. The molecule has 2 aromatic heterocycles. The normalized spacial score (nSPS) is 14.4. The first-order chi connectivity index (χ1) is 19.7. The van der Waals surface area contributed by atoms with Crippen molar-refractivity contribution in [1.29, 1.82) is 0 Å². The first-order valence-electron chi connectivity index (χ1n) is 12.9. The van der Waals surface area contributed by atoms with E-state index in [9.17, 15) is 22.8 Å². The van der Waals surface area contributed by atoms with Gasteiger partial charge in [0.15, 0.2) is 5.65 Å². The molecule has 0 amide bonds. The van der Waals surface area contributed by atoms with Crippen LogP contribution in [-0.4, -0.2) is 26.7 Å². The Labute approximate surface area is 232 Å². The second-order valence-corrected chi connectivity index (χ2v) is 9.52. The van der Waals surface area contributed by atoms with Crippen LogP contribution in [0.1, 0.15) is 29.8 Å². The first-order valence-corrected chi connectivity index (χ1v) is 12.9. The predicted octanol–water partition coefficient (Wildman–Crippen LogP) is 5.84. The molecular weight excluding hydrogens is 535 g/mol. The van der Waals surface area contributed by atoms with Crippen LogP contribution < -0.4 is 16.3 Å². The molecule has 0 spiro atoms. The maximum Gasteiger partial charge on any atom is 0.416 e. The minimum atomic E-state index is -4.43. The van der Waals surface area contributed by atoms with Crippen molar-refractivity contribution in [1.82, 2.24) is 14.1 Å². The van der Waals surface area contributed by atoms with Crippen molar-refractivity contribution >= 4 is 28.5 Å². The van der Waals surface area contributed by atoms with Gasteiger partial charge in [-0.1, -0.05) is 24.3 Å². The summed E-state index contributed by atoms with van der Waals surface area (Å²) in [7, 11) is 0. The topological polar surface area (TPSA) is 90.2 Å². The van der Waals surface area contributed by atoms with Gasteiger partial charge in [0.25, 0.3) is 0 Å². The van der Waals surface area contributed by atoms with Crippen molar-refractivity contribution in [2.75, 3.05) is 17.2 Å². The highest BCUT2D eigenvalue weighted by atomic mass is 19.4. The Hall–Kier alpha value is -5.06. The summed E-state index contributed by atoms with van der Waals surface area (Å²) in [6.07, 6.45) is -3.12. The van der Waals surface area contributed by atoms with Crippen LogP contribution in [-0.2, 0) is 22.1 Å². The Kier molecular flexibility index (Phi) is 6.49. The van der Waals surface area contributed by atoms with Crippen molar-refractivity contribution in [3.63, 3.8) is 0 Å². The van der Waals surface area contributed by atoms with Crippen LogP contribution in [0, 0.1) is 0 Å². The van der Waals surface area contributed by atoms with Gasteiger partial charge >= 0.3 is 17.8 Å². The maximum absolute atomic E-state index is 13.7.